The van der Waals surface area contributed by atoms with Crippen LogP contribution in [0.5, 0.6) is 0 Å². The molecule has 4 nitrogen and oxygen atoms in total. The molecular weight excluding hydrogens is 250 g/mol. The number of amides is 1. The Balaban J connectivity index is 2.11. The average molecular weight is 262 g/mol. The van der Waals surface area contributed by atoms with Crippen molar-refractivity contribution >= 4 is 23.3 Å². The molecule has 0 aliphatic heterocycles. The number of nitrogens with zero attached hydrogens (tertiary/aromatic N) is 2. The number of halogens is 1. The number of aromatic nitrogens is 2. The molecule has 0 spiro atoms. The summed E-state index contributed by atoms with van der Waals surface area (Å²) in [4.78, 5) is 19.7. The zero-order chi connectivity index (χ0) is 13.0. The van der Waals surface area contributed by atoms with E-state index in [2.05, 4.69) is 22.2 Å². The lowest BCUT2D eigenvalue weighted by Gasteiger charge is -2.04. The monoisotopic (exact) mass is 261 g/mol. The van der Waals surface area contributed by atoms with Crippen LogP contribution in [0.2, 0.25) is 5.15 Å². The van der Waals surface area contributed by atoms with Gasteiger partial charge in [0.1, 0.15) is 5.15 Å². The maximum atomic E-state index is 11.9. The van der Waals surface area contributed by atoms with Crippen LogP contribution in [-0.4, -0.2) is 15.9 Å². The van der Waals surface area contributed by atoms with Crippen molar-refractivity contribution in [2.75, 3.05) is 5.32 Å². The number of aryl methyl sites for hydroxylation is 1. The Bertz CT molecular complexity index is 554. The Morgan fingerprint density at radius 1 is 1.28 bits per heavy atom. The van der Waals surface area contributed by atoms with E-state index >= 15 is 0 Å². The van der Waals surface area contributed by atoms with Crippen molar-refractivity contribution < 1.29 is 4.79 Å². The van der Waals surface area contributed by atoms with Crippen LogP contribution >= 0.6 is 11.6 Å². The fourth-order valence-corrected chi connectivity index (χ4v) is 1.63. The lowest BCUT2D eigenvalue weighted by Crippen LogP contribution is -2.13. The second-order valence-electron chi connectivity index (χ2n) is 3.73. The Labute approximate surface area is 110 Å². The van der Waals surface area contributed by atoms with Gasteiger partial charge in [-0.25, -0.2) is 4.98 Å². The number of anilines is 1. The highest BCUT2D eigenvalue weighted by Crippen LogP contribution is 2.10. The maximum Gasteiger partial charge on any atom is 0.256 e. The minimum Gasteiger partial charge on any atom is -0.305 e. The van der Waals surface area contributed by atoms with Crippen LogP contribution in [0.15, 0.2) is 36.7 Å². The molecule has 18 heavy (non-hydrogen) atoms. The van der Waals surface area contributed by atoms with Crippen molar-refractivity contribution in [3.63, 3.8) is 0 Å². The third-order valence-electron chi connectivity index (χ3n) is 2.47. The quantitative estimate of drug-likeness (QED) is 0.924. The van der Waals surface area contributed by atoms with Crippen LogP contribution in [0.25, 0.3) is 0 Å². The molecular formula is C13H12ClN3O. The Hall–Kier alpha value is -1.94. The van der Waals surface area contributed by atoms with Crippen molar-refractivity contribution in [3.05, 3.63) is 52.9 Å². The molecule has 2 aromatic rings. The van der Waals surface area contributed by atoms with Crippen LogP contribution in [-0.2, 0) is 6.42 Å². The van der Waals surface area contributed by atoms with Crippen LogP contribution in [0.4, 0.5) is 5.82 Å². The summed E-state index contributed by atoms with van der Waals surface area (Å²) in [7, 11) is 0. The number of rotatable bonds is 3. The standard InChI is InChI=1S/C13H12ClN3O/c1-2-9-3-5-10(6-4-9)13(18)17-12-8-15-7-11(14)16-12/h3-8H,2H2,1H3,(H,16,17,18). The second kappa shape index (κ2) is 5.60. The van der Waals surface area contributed by atoms with Crippen LogP contribution in [0, 0.1) is 0 Å². The smallest absolute Gasteiger partial charge is 0.256 e. The van der Waals surface area contributed by atoms with Gasteiger partial charge in [-0.2, -0.15) is 0 Å². The maximum absolute atomic E-state index is 11.9. The summed E-state index contributed by atoms with van der Waals surface area (Å²) in [6.45, 7) is 2.07. The molecule has 0 aliphatic carbocycles. The van der Waals surface area contributed by atoms with E-state index in [0.717, 1.165) is 6.42 Å². The highest BCUT2D eigenvalue weighted by molar-refractivity contribution is 6.29. The first-order valence-electron chi connectivity index (χ1n) is 5.57. The van der Waals surface area contributed by atoms with Crippen molar-refractivity contribution in [2.24, 2.45) is 0 Å². The number of hydrogen-bond acceptors (Lipinski definition) is 3. The SMILES string of the molecule is CCc1ccc(C(=O)Nc2cncc(Cl)n2)cc1. The Morgan fingerprint density at radius 2 is 2.00 bits per heavy atom. The van der Waals surface area contributed by atoms with Gasteiger partial charge in [0.25, 0.3) is 5.91 Å². The first kappa shape index (κ1) is 12.5. The van der Waals surface area contributed by atoms with E-state index < -0.39 is 0 Å². The lowest BCUT2D eigenvalue weighted by atomic mass is 10.1. The zero-order valence-corrected chi connectivity index (χ0v) is 10.6. The predicted octanol–water partition coefficient (Wildman–Crippen LogP) is 2.94. The lowest BCUT2D eigenvalue weighted by molar-refractivity contribution is 0.102. The highest BCUT2D eigenvalue weighted by Gasteiger charge is 2.07. The molecule has 1 amide bonds. The molecule has 1 aromatic heterocycles. The third kappa shape index (κ3) is 3.05. The summed E-state index contributed by atoms with van der Waals surface area (Å²) in [6, 6.07) is 7.43. The molecule has 2 rings (SSSR count). The van der Waals surface area contributed by atoms with Gasteiger partial charge in [0.2, 0.25) is 0 Å². The van der Waals surface area contributed by atoms with Crippen LogP contribution in [0.3, 0.4) is 0 Å². The summed E-state index contributed by atoms with van der Waals surface area (Å²) >= 11 is 5.69. The number of carbonyl (C=O) groups is 1. The molecule has 0 saturated carbocycles. The minimum absolute atomic E-state index is 0.228. The summed E-state index contributed by atoms with van der Waals surface area (Å²) in [5.74, 6) is 0.112. The molecule has 0 unspecified atom stereocenters. The fourth-order valence-electron chi connectivity index (χ4n) is 1.48. The van der Waals surface area contributed by atoms with E-state index in [1.54, 1.807) is 12.1 Å². The van der Waals surface area contributed by atoms with E-state index in [-0.39, 0.29) is 11.1 Å². The molecule has 1 N–H and O–H groups in total. The van der Waals surface area contributed by atoms with E-state index in [9.17, 15) is 4.79 Å². The van der Waals surface area contributed by atoms with Gasteiger partial charge in [-0.05, 0) is 24.1 Å². The molecule has 0 aliphatic rings. The number of benzene rings is 1. The molecule has 0 atom stereocenters. The van der Waals surface area contributed by atoms with E-state index in [1.165, 1.54) is 18.0 Å². The van der Waals surface area contributed by atoms with Gasteiger partial charge in [-0.15, -0.1) is 0 Å². The molecule has 1 aromatic carbocycles. The predicted molar refractivity (Wildman–Crippen MR) is 70.8 cm³/mol. The zero-order valence-electron chi connectivity index (χ0n) is 9.85. The highest BCUT2D eigenvalue weighted by atomic mass is 35.5. The average Bonchev–Trinajstić information content (AvgIpc) is 2.39. The summed E-state index contributed by atoms with van der Waals surface area (Å²) in [5, 5.41) is 2.88. The third-order valence-corrected chi connectivity index (χ3v) is 2.65. The Kier molecular flexibility index (Phi) is 3.89. The topological polar surface area (TPSA) is 54.9 Å². The minimum atomic E-state index is -0.228. The fraction of sp³-hybridized carbons (Fsp3) is 0.154. The van der Waals surface area contributed by atoms with Crippen molar-refractivity contribution in [1.82, 2.24) is 9.97 Å². The number of hydrogen-bond donors (Lipinski definition) is 1. The van der Waals surface area contributed by atoms with Crippen molar-refractivity contribution in [1.29, 1.82) is 0 Å². The summed E-state index contributed by atoms with van der Waals surface area (Å²) < 4.78 is 0. The molecule has 5 heteroatoms. The van der Waals surface area contributed by atoms with E-state index in [0.29, 0.717) is 11.4 Å². The van der Waals surface area contributed by atoms with Gasteiger partial charge in [0.15, 0.2) is 5.82 Å². The van der Waals surface area contributed by atoms with E-state index in [1.807, 2.05) is 12.1 Å². The molecule has 0 radical (unpaired) electrons. The summed E-state index contributed by atoms with van der Waals surface area (Å²) in [5.41, 5.74) is 1.77. The van der Waals surface area contributed by atoms with Crippen LogP contribution < -0.4 is 5.32 Å². The first-order valence-corrected chi connectivity index (χ1v) is 5.94. The normalized spacial score (nSPS) is 10.1. The number of nitrogens with one attached hydrogen (secondary N) is 1. The molecule has 0 saturated heterocycles. The number of carbonyl (C=O) groups excluding carboxylic acids is 1. The molecule has 1 heterocycles. The summed E-state index contributed by atoms with van der Waals surface area (Å²) in [6.07, 6.45) is 3.80. The van der Waals surface area contributed by atoms with Gasteiger partial charge in [0, 0.05) is 5.56 Å². The molecule has 0 fully saturated rings. The second-order valence-corrected chi connectivity index (χ2v) is 4.12. The van der Waals surface area contributed by atoms with Gasteiger partial charge < -0.3 is 5.32 Å². The first-order chi connectivity index (χ1) is 8.69. The van der Waals surface area contributed by atoms with Gasteiger partial charge in [-0.3, -0.25) is 9.78 Å². The Morgan fingerprint density at radius 3 is 2.61 bits per heavy atom. The van der Waals surface area contributed by atoms with Crippen molar-refractivity contribution in [2.45, 2.75) is 13.3 Å². The van der Waals surface area contributed by atoms with Gasteiger partial charge >= 0.3 is 0 Å². The molecule has 0 bridgehead atoms. The van der Waals surface area contributed by atoms with Crippen LogP contribution in [0.1, 0.15) is 22.8 Å². The molecule has 92 valence electrons. The largest absolute Gasteiger partial charge is 0.305 e. The van der Waals surface area contributed by atoms with Gasteiger partial charge in [-0.1, -0.05) is 30.7 Å². The van der Waals surface area contributed by atoms with Crippen molar-refractivity contribution in [3.8, 4) is 0 Å². The van der Waals surface area contributed by atoms with E-state index in [4.69, 9.17) is 11.6 Å². The van der Waals surface area contributed by atoms with Gasteiger partial charge in [0.05, 0.1) is 12.4 Å².